The molecule has 0 saturated carbocycles. The molecule has 0 saturated heterocycles. The molecule has 2 aromatic carbocycles. The highest BCUT2D eigenvalue weighted by Crippen LogP contribution is 2.38. The number of nitrogens with zero attached hydrogens (tertiary/aromatic N) is 1. The van der Waals surface area contributed by atoms with Crippen LogP contribution in [0.5, 0.6) is 5.75 Å². The molecular weight excluding hydrogens is 258 g/mol. The second kappa shape index (κ2) is 5.44. The van der Waals surface area contributed by atoms with Crippen molar-refractivity contribution >= 4 is 5.69 Å². The van der Waals surface area contributed by atoms with E-state index >= 15 is 0 Å². The summed E-state index contributed by atoms with van der Waals surface area (Å²) in [5.41, 5.74) is 6.50. The third kappa shape index (κ3) is 2.76. The van der Waals surface area contributed by atoms with E-state index in [1.54, 1.807) is 6.07 Å². The zero-order valence-electron chi connectivity index (χ0n) is 13.1. The molecular formula is C19H23NO. The molecule has 3 rings (SSSR count). The Morgan fingerprint density at radius 1 is 1.05 bits per heavy atom. The number of fused-ring (bicyclic) bond motifs is 1. The predicted octanol–water partition coefficient (Wildman–Crippen LogP) is 4.52. The van der Waals surface area contributed by atoms with Gasteiger partial charge in [-0.05, 0) is 79.6 Å². The molecule has 2 aromatic rings. The molecule has 21 heavy (non-hydrogen) atoms. The van der Waals surface area contributed by atoms with Crippen LogP contribution in [0, 0.1) is 13.8 Å². The van der Waals surface area contributed by atoms with Gasteiger partial charge in [0.25, 0.3) is 0 Å². The molecule has 0 bridgehead atoms. The Bertz CT molecular complexity index is 642. The van der Waals surface area contributed by atoms with Crippen molar-refractivity contribution in [2.75, 3.05) is 11.9 Å². The summed E-state index contributed by atoms with van der Waals surface area (Å²) < 4.78 is 0. The van der Waals surface area contributed by atoms with Gasteiger partial charge in [0.15, 0.2) is 0 Å². The lowest BCUT2D eigenvalue weighted by molar-refractivity contribution is 0.469. The summed E-state index contributed by atoms with van der Waals surface area (Å²) >= 11 is 0. The maximum atomic E-state index is 9.83. The first-order chi connectivity index (χ1) is 10.0. The molecule has 0 heterocycles. The van der Waals surface area contributed by atoms with E-state index in [-0.39, 0.29) is 0 Å². The van der Waals surface area contributed by atoms with E-state index in [0.717, 1.165) is 12.8 Å². The van der Waals surface area contributed by atoms with Crippen molar-refractivity contribution < 1.29 is 5.11 Å². The zero-order valence-corrected chi connectivity index (χ0v) is 13.1. The van der Waals surface area contributed by atoms with E-state index in [9.17, 15) is 5.11 Å². The van der Waals surface area contributed by atoms with Gasteiger partial charge in [0.1, 0.15) is 5.75 Å². The van der Waals surface area contributed by atoms with E-state index in [2.05, 4.69) is 50.1 Å². The summed E-state index contributed by atoms with van der Waals surface area (Å²) in [5.74, 6) is 0.370. The van der Waals surface area contributed by atoms with Gasteiger partial charge in [-0.1, -0.05) is 12.1 Å². The fourth-order valence-corrected chi connectivity index (χ4v) is 3.50. The van der Waals surface area contributed by atoms with Gasteiger partial charge in [-0.2, -0.15) is 0 Å². The van der Waals surface area contributed by atoms with Crippen LogP contribution >= 0.6 is 0 Å². The van der Waals surface area contributed by atoms with Crippen molar-refractivity contribution in [3.8, 4) is 5.75 Å². The van der Waals surface area contributed by atoms with E-state index < -0.39 is 0 Å². The quantitative estimate of drug-likeness (QED) is 0.874. The smallest absolute Gasteiger partial charge is 0.115 e. The van der Waals surface area contributed by atoms with Gasteiger partial charge in [-0.25, -0.2) is 0 Å². The summed E-state index contributed by atoms with van der Waals surface area (Å²) in [6, 6.07) is 12.9. The van der Waals surface area contributed by atoms with Gasteiger partial charge in [0.2, 0.25) is 0 Å². The van der Waals surface area contributed by atoms with Crippen LogP contribution in [0.4, 0.5) is 5.69 Å². The maximum Gasteiger partial charge on any atom is 0.115 e. The third-order valence-electron chi connectivity index (χ3n) is 4.49. The number of benzene rings is 2. The Hall–Kier alpha value is -1.96. The van der Waals surface area contributed by atoms with E-state index in [4.69, 9.17) is 0 Å². The number of aryl methyl sites for hydroxylation is 3. The minimum atomic E-state index is 0.349. The Balaban J connectivity index is 1.99. The largest absolute Gasteiger partial charge is 0.508 e. The van der Waals surface area contributed by atoms with Crippen molar-refractivity contribution in [1.82, 2.24) is 0 Å². The Kier molecular flexibility index (Phi) is 3.62. The first-order valence-corrected chi connectivity index (χ1v) is 7.67. The molecule has 2 nitrogen and oxygen atoms in total. The molecule has 1 aliphatic rings. The average Bonchev–Trinajstić information content (AvgIpc) is 2.44. The van der Waals surface area contributed by atoms with Gasteiger partial charge in [-0.15, -0.1) is 0 Å². The molecule has 1 atom stereocenters. The van der Waals surface area contributed by atoms with Crippen LogP contribution < -0.4 is 4.90 Å². The van der Waals surface area contributed by atoms with Crippen LogP contribution in [-0.2, 0) is 6.42 Å². The number of rotatable bonds is 2. The van der Waals surface area contributed by atoms with Crippen molar-refractivity contribution in [2.45, 2.75) is 39.2 Å². The molecule has 0 amide bonds. The second-order valence-electron chi connectivity index (χ2n) is 6.25. The maximum absolute atomic E-state index is 9.83. The van der Waals surface area contributed by atoms with Crippen molar-refractivity contribution in [2.24, 2.45) is 0 Å². The molecule has 0 aliphatic heterocycles. The first kappa shape index (κ1) is 14.0. The van der Waals surface area contributed by atoms with E-state index in [1.165, 1.54) is 34.4 Å². The van der Waals surface area contributed by atoms with Crippen LogP contribution in [0.1, 0.15) is 41.1 Å². The van der Waals surface area contributed by atoms with Crippen LogP contribution in [-0.4, -0.2) is 12.2 Å². The third-order valence-corrected chi connectivity index (χ3v) is 4.49. The molecule has 1 N–H and O–H groups in total. The van der Waals surface area contributed by atoms with Crippen molar-refractivity contribution in [3.05, 3.63) is 58.7 Å². The van der Waals surface area contributed by atoms with Crippen LogP contribution in [0.15, 0.2) is 36.4 Å². The molecule has 1 aliphatic carbocycles. The predicted molar refractivity (Wildman–Crippen MR) is 88.1 cm³/mol. The van der Waals surface area contributed by atoms with Crippen molar-refractivity contribution in [1.29, 1.82) is 0 Å². The summed E-state index contributed by atoms with van der Waals surface area (Å²) in [6.07, 6.45) is 3.46. The van der Waals surface area contributed by atoms with E-state index in [1.807, 2.05) is 6.07 Å². The summed E-state index contributed by atoms with van der Waals surface area (Å²) in [7, 11) is 2.16. The van der Waals surface area contributed by atoms with Gasteiger partial charge in [0, 0.05) is 12.7 Å². The second-order valence-corrected chi connectivity index (χ2v) is 6.25. The number of anilines is 1. The Labute approximate surface area is 127 Å². The minimum absolute atomic E-state index is 0.349. The number of hydrogen-bond acceptors (Lipinski definition) is 2. The molecule has 1 unspecified atom stereocenters. The fraction of sp³-hybridized carbons (Fsp3) is 0.368. The molecule has 0 aromatic heterocycles. The highest BCUT2D eigenvalue weighted by atomic mass is 16.3. The zero-order chi connectivity index (χ0) is 15.0. The van der Waals surface area contributed by atoms with Crippen LogP contribution in [0.2, 0.25) is 0 Å². The Morgan fingerprint density at radius 3 is 2.48 bits per heavy atom. The molecule has 0 radical (unpaired) electrons. The molecule has 0 spiro atoms. The minimum Gasteiger partial charge on any atom is -0.508 e. The highest BCUT2D eigenvalue weighted by molar-refractivity contribution is 5.53. The summed E-state index contributed by atoms with van der Waals surface area (Å²) in [4.78, 5) is 2.36. The molecule has 0 fully saturated rings. The van der Waals surface area contributed by atoms with E-state index in [0.29, 0.717) is 11.8 Å². The highest BCUT2D eigenvalue weighted by Gasteiger charge is 2.24. The number of aromatic hydroxyl groups is 1. The summed E-state index contributed by atoms with van der Waals surface area (Å²) in [6.45, 7) is 4.29. The van der Waals surface area contributed by atoms with Crippen molar-refractivity contribution in [3.63, 3.8) is 0 Å². The van der Waals surface area contributed by atoms with Gasteiger partial charge >= 0.3 is 0 Å². The number of phenols is 1. The molecule has 2 heteroatoms. The SMILES string of the molecule is Cc1cc(C)cc(N(C)C2CCCc3ccc(O)cc32)c1. The summed E-state index contributed by atoms with van der Waals surface area (Å²) in [5, 5.41) is 9.83. The van der Waals surface area contributed by atoms with Crippen LogP contribution in [0.25, 0.3) is 0 Å². The lowest BCUT2D eigenvalue weighted by Crippen LogP contribution is -2.27. The first-order valence-electron chi connectivity index (χ1n) is 7.67. The topological polar surface area (TPSA) is 23.5 Å². The number of hydrogen-bond donors (Lipinski definition) is 1. The van der Waals surface area contributed by atoms with Gasteiger partial charge in [0.05, 0.1) is 6.04 Å². The lowest BCUT2D eigenvalue weighted by atomic mass is 9.86. The van der Waals surface area contributed by atoms with Crippen LogP contribution in [0.3, 0.4) is 0 Å². The van der Waals surface area contributed by atoms with Gasteiger partial charge < -0.3 is 10.0 Å². The lowest BCUT2D eigenvalue weighted by Gasteiger charge is -2.35. The Morgan fingerprint density at radius 2 is 1.76 bits per heavy atom. The van der Waals surface area contributed by atoms with Gasteiger partial charge in [-0.3, -0.25) is 0 Å². The fourth-order valence-electron chi connectivity index (χ4n) is 3.50. The average molecular weight is 281 g/mol. The number of phenolic OH excluding ortho intramolecular Hbond substituents is 1. The monoisotopic (exact) mass is 281 g/mol. The molecule has 110 valence electrons. The normalized spacial score (nSPS) is 17.4. The standard InChI is InChI=1S/C19H23NO/c1-13-9-14(2)11-16(10-13)20(3)19-6-4-5-15-7-8-17(21)12-18(15)19/h7-12,19,21H,4-6H2,1-3H3.